The van der Waals surface area contributed by atoms with E-state index in [9.17, 15) is 4.79 Å². The number of likely N-dealkylation sites (tertiary alicyclic amines) is 1. The highest BCUT2D eigenvalue weighted by Gasteiger charge is 2.26. The van der Waals surface area contributed by atoms with Gasteiger partial charge in [-0.05, 0) is 67.5 Å². The first-order valence-electron chi connectivity index (χ1n) is 10.8. The lowest BCUT2D eigenvalue weighted by Gasteiger charge is -2.37. The molecule has 4 rings (SSSR count). The number of amides is 2. The second-order valence-electron chi connectivity index (χ2n) is 8.10. The summed E-state index contributed by atoms with van der Waals surface area (Å²) in [6.07, 6.45) is 3.40. The number of rotatable bonds is 5. The zero-order valence-electron chi connectivity index (χ0n) is 17.3. The Bertz CT molecular complexity index is 821. The van der Waals surface area contributed by atoms with Crippen LogP contribution in [0.3, 0.4) is 0 Å². The molecule has 0 aliphatic carbocycles. The van der Waals surface area contributed by atoms with E-state index in [1.54, 1.807) is 0 Å². The third-order valence-corrected chi connectivity index (χ3v) is 5.95. The van der Waals surface area contributed by atoms with E-state index < -0.39 is 0 Å². The van der Waals surface area contributed by atoms with E-state index in [1.165, 1.54) is 17.5 Å². The van der Waals surface area contributed by atoms with Crippen molar-refractivity contribution in [3.63, 3.8) is 0 Å². The molecule has 1 fully saturated rings. The van der Waals surface area contributed by atoms with Crippen LogP contribution in [0.15, 0.2) is 48.5 Å². The van der Waals surface area contributed by atoms with Crippen LogP contribution in [0.1, 0.15) is 30.9 Å². The highest BCUT2D eigenvalue weighted by Crippen LogP contribution is 2.24. The zero-order chi connectivity index (χ0) is 20.1. The largest absolute Gasteiger partial charge is 0.494 e. The summed E-state index contributed by atoms with van der Waals surface area (Å²) in [4.78, 5) is 17.3. The van der Waals surface area contributed by atoms with Crippen LogP contribution in [0.25, 0.3) is 0 Å². The van der Waals surface area contributed by atoms with Crippen LogP contribution in [-0.4, -0.2) is 48.6 Å². The number of piperidine rings is 1. The van der Waals surface area contributed by atoms with Gasteiger partial charge in [0.2, 0.25) is 0 Å². The molecule has 154 valence electrons. The van der Waals surface area contributed by atoms with Crippen LogP contribution in [0.2, 0.25) is 0 Å². The topological polar surface area (TPSA) is 44.8 Å². The molecule has 0 bridgehead atoms. The van der Waals surface area contributed by atoms with E-state index in [1.807, 2.05) is 36.1 Å². The van der Waals surface area contributed by atoms with E-state index in [2.05, 4.69) is 34.5 Å². The summed E-state index contributed by atoms with van der Waals surface area (Å²) < 4.78 is 5.46. The maximum atomic E-state index is 12.7. The molecule has 0 radical (unpaired) electrons. The number of benzene rings is 2. The first-order chi connectivity index (χ1) is 14.2. The van der Waals surface area contributed by atoms with Gasteiger partial charge in [0, 0.05) is 38.4 Å². The molecule has 1 saturated heterocycles. The average molecular weight is 394 g/mol. The van der Waals surface area contributed by atoms with Crippen LogP contribution in [-0.2, 0) is 13.0 Å². The maximum absolute atomic E-state index is 12.7. The van der Waals surface area contributed by atoms with Gasteiger partial charge in [0.25, 0.3) is 0 Å². The van der Waals surface area contributed by atoms with E-state index in [4.69, 9.17) is 4.74 Å². The third-order valence-electron chi connectivity index (χ3n) is 5.95. The van der Waals surface area contributed by atoms with Gasteiger partial charge < -0.3 is 15.0 Å². The molecule has 0 saturated carbocycles. The lowest BCUT2D eigenvalue weighted by Crippen LogP contribution is -2.46. The molecule has 2 aromatic carbocycles. The first kappa shape index (κ1) is 19.8. The summed E-state index contributed by atoms with van der Waals surface area (Å²) in [6, 6.07) is 16.4. The van der Waals surface area contributed by atoms with Crippen molar-refractivity contribution in [1.29, 1.82) is 0 Å². The van der Waals surface area contributed by atoms with E-state index in [-0.39, 0.29) is 6.03 Å². The summed E-state index contributed by atoms with van der Waals surface area (Å²) in [6.45, 7) is 7.50. The lowest BCUT2D eigenvalue weighted by atomic mass is 9.95. The number of hydrogen-bond donors (Lipinski definition) is 1. The second-order valence-corrected chi connectivity index (χ2v) is 8.10. The SMILES string of the molecule is CCOc1ccc(NC(=O)N2CCCC(CN3CCc4ccccc4C3)C2)cc1. The Hall–Kier alpha value is -2.53. The van der Waals surface area contributed by atoms with Gasteiger partial charge in [-0.1, -0.05) is 24.3 Å². The fourth-order valence-corrected chi connectivity index (χ4v) is 4.48. The van der Waals surface area contributed by atoms with Gasteiger partial charge in [-0.25, -0.2) is 4.79 Å². The number of nitrogens with one attached hydrogen (secondary N) is 1. The Morgan fingerprint density at radius 2 is 1.90 bits per heavy atom. The highest BCUT2D eigenvalue weighted by molar-refractivity contribution is 5.89. The van der Waals surface area contributed by atoms with Gasteiger partial charge in [0.15, 0.2) is 0 Å². The number of urea groups is 1. The minimum Gasteiger partial charge on any atom is -0.494 e. The van der Waals surface area contributed by atoms with Crippen molar-refractivity contribution in [1.82, 2.24) is 9.80 Å². The number of anilines is 1. The van der Waals surface area contributed by atoms with E-state index in [0.717, 1.165) is 57.0 Å². The van der Waals surface area contributed by atoms with Crippen molar-refractivity contribution in [2.75, 3.05) is 38.1 Å². The van der Waals surface area contributed by atoms with Crippen molar-refractivity contribution in [2.45, 2.75) is 32.7 Å². The highest BCUT2D eigenvalue weighted by atomic mass is 16.5. The molecule has 2 aliphatic rings. The van der Waals surface area contributed by atoms with Crippen LogP contribution in [0.4, 0.5) is 10.5 Å². The first-order valence-corrected chi connectivity index (χ1v) is 10.8. The van der Waals surface area contributed by atoms with E-state index in [0.29, 0.717) is 12.5 Å². The van der Waals surface area contributed by atoms with Crippen LogP contribution >= 0.6 is 0 Å². The summed E-state index contributed by atoms with van der Waals surface area (Å²) in [5.74, 6) is 1.37. The minimum absolute atomic E-state index is 0.00264. The lowest BCUT2D eigenvalue weighted by molar-refractivity contribution is 0.140. The molecule has 0 spiro atoms. The monoisotopic (exact) mass is 393 g/mol. The molecule has 2 aromatic rings. The molecule has 5 heteroatoms. The number of nitrogens with zero attached hydrogens (tertiary/aromatic N) is 2. The summed E-state index contributed by atoms with van der Waals surface area (Å²) >= 11 is 0. The third kappa shape index (κ3) is 5.10. The molecule has 0 aromatic heterocycles. The Morgan fingerprint density at radius 1 is 1.10 bits per heavy atom. The number of hydrogen-bond acceptors (Lipinski definition) is 3. The standard InChI is InChI=1S/C24H31N3O2/c1-2-29-23-11-9-22(10-12-23)25-24(28)27-14-5-6-19(17-27)16-26-15-13-20-7-3-4-8-21(20)18-26/h3-4,7-12,19H,2,5-6,13-18H2,1H3,(H,25,28). The normalized spacial score (nSPS) is 19.5. The predicted molar refractivity (Wildman–Crippen MR) is 116 cm³/mol. The fourth-order valence-electron chi connectivity index (χ4n) is 4.48. The molecule has 1 N–H and O–H groups in total. The Labute approximate surface area is 173 Å². The zero-order valence-corrected chi connectivity index (χ0v) is 17.3. The summed E-state index contributed by atoms with van der Waals surface area (Å²) in [7, 11) is 0. The number of ether oxygens (including phenoxy) is 1. The Kier molecular flexibility index (Phi) is 6.35. The van der Waals surface area contributed by atoms with Crippen LogP contribution in [0.5, 0.6) is 5.75 Å². The fraction of sp³-hybridized carbons (Fsp3) is 0.458. The average Bonchev–Trinajstić information content (AvgIpc) is 2.75. The molecule has 2 aliphatic heterocycles. The van der Waals surface area contributed by atoms with Gasteiger partial charge >= 0.3 is 6.03 Å². The van der Waals surface area contributed by atoms with Gasteiger partial charge in [-0.15, -0.1) is 0 Å². The van der Waals surface area contributed by atoms with Crippen molar-refractivity contribution in [3.05, 3.63) is 59.7 Å². The Balaban J connectivity index is 1.29. The van der Waals surface area contributed by atoms with Gasteiger partial charge in [0.05, 0.1) is 6.61 Å². The molecule has 5 nitrogen and oxygen atoms in total. The predicted octanol–water partition coefficient (Wildman–Crippen LogP) is 4.39. The van der Waals surface area contributed by atoms with Gasteiger partial charge in [-0.2, -0.15) is 0 Å². The molecule has 29 heavy (non-hydrogen) atoms. The summed E-state index contributed by atoms with van der Waals surface area (Å²) in [5, 5.41) is 3.04. The van der Waals surface area contributed by atoms with Crippen molar-refractivity contribution in [3.8, 4) is 5.75 Å². The maximum Gasteiger partial charge on any atom is 0.321 e. The van der Waals surface area contributed by atoms with Crippen molar-refractivity contribution < 1.29 is 9.53 Å². The second kappa shape index (κ2) is 9.31. The minimum atomic E-state index is 0.00264. The van der Waals surface area contributed by atoms with E-state index >= 15 is 0 Å². The molecule has 2 heterocycles. The smallest absolute Gasteiger partial charge is 0.321 e. The molecular formula is C24H31N3O2. The number of fused-ring (bicyclic) bond motifs is 1. The number of carbonyl (C=O) groups is 1. The quantitative estimate of drug-likeness (QED) is 0.820. The number of carbonyl (C=O) groups excluding carboxylic acids is 1. The van der Waals surface area contributed by atoms with Crippen molar-refractivity contribution >= 4 is 11.7 Å². The summed E-state index contributed by atoms with van der Waals surface area (Å²) in [5.41, 5.74) is 3.76. The van der Waals surface area contributed by atoms with Crippen molar-refractivity contribution in [2.24, 2.45) is 5.92 Å². The van der Waals surface area contributed by atoms with Gasteiger partial charge in [-0.3, -0.25) is 4.90 Å². The van der Waals surface area contributed by atoms with Gasteiger partial charge in [0.1, 0.15) is 5.75 Å². The Morgan fingerprint density at radius 3 is 2.69 bits per heavy atom. The molecule has 1 atom stereocenters. The molecule has 2 amide bonds. The molecule has 1 unspecified atom stereocenters. The van der Waals surface area contributed by atoms with Crippen LogP contribution in [0, 0.1) is 5.92 Å². The molecular weight excluding hydrogens is 362 g/mol. The van der Waals surface area contributed by atoms with Crippen LogP contribution < -0.4 is 10.1 Å².